The number of imidazole rings is 1. The van der Waals surface area contributed by atoms with Gasteiger partial charge >= 0.3 is 35.2 Å². The fourth-order valence-electron chi connectivity index (χ4n) is 2.36. The third kappa shape index (κ3) is 3.77. The van der Waals surface area contributed by atoms with Crippen LogP contribution in [0.25, 0.3) is 22.6 Å². The minimum Gasteiger partial charge on any atom is -0.744 e. The van der Waals surface area contributed by atoms with Gasteiger partial charge in [0.1, 0.15) is 21.5 Å². The molecule has 0 saturated heterocycles. The molecule has 0 amide bonds. The van der Waals surface area contributed by atoms with Crippen molar-refractivity contribution in [3.05, 3.63) is 45.1 Å². The normalized spacial score (nSPS) is 11.4. The van der Waals surface area contributed by atoms with Crippen molar-refractivity contribution in [3.63, 3.8) is 0 Å². The minimum absolute atomic E-state index is 0. The van der Waals surface area contributed by atoms with E-state index >= 15 is 0 Å². The van der Waals surface area contributed by atoms with Crippen molar-refractivity contribution in [1.82, 2.24) is 19.5 Å². The second kappa shape index (κ2) is 7.26. The predicted octanol–water partition coefficient (Wildman–Crippen LogP) is -2.60. The predicted molar refractivity (Wildman–Crippen MR) is 84.7 cm³/mol. The van der Waals surface area contributed by atoms with Crippen LogP contribution < -0.4 is 40.8 Å². The first-order valence-corrected chi connectivity index (χ1v) is 8.51. The van der Waals surface area contributed by atoms with Crippen LogP contribution in [-0.2, 0) is 16.7 Å². The largest absolute Gasteiger partial charge is 1.00 e. The zero-order chi connectivity index (χ0) is 17.5. The zero-order valence-electron chi connectivity index (χ0n) is 13.6. The van der Waals surface area contributed by atoms with Crippen LogP contribution >= 0.6 is 0 Å². The standard InChI is InChI=1S/C14H14N4O5S.Na/c1-2-7-18-13(19)10-12(17-14(18)20)16-11(15-10)8-3-5-9(6-4-8)24(21,22)23;/h3-6H,2,7H2,1H3,(H,15,16)(H,17,20)(H,21,22,23);/q;+1/p-1. The molecule has 0 aliphatic rings. The number of hydrogen-bond donors (Lipinski definition) is 2. The molecule has 0 aliphatic heterocycles. The van der Waals surface area contributed by atoms with Gasteiger partial charge in [-0.2, -0.15) is 0 Å². The van der Waals surface area contributed by atoms with Crippen LogP contribution in [0.3, 0.4) is 0 Å². The zero-order valence-corrected chi connectivity index (χ0v) is 16.4. The fourth-order valence-corrected chi connectivity index (χ4v) is 2.83. The summed E-state index contributed by atoms with van der Waals surface area (Å²) < 4.78 is 33.9. The molecule has 0 fully saturated rings. The Bertz CT molecular complexity index is 1130. The number of nitrogens with zero attached hydrogens (tertiary/aromatic N) is 2. The number of fused-ring (bicyclic) bond motifs is 1. The molecule has 2 N–H and O–H groups in total. The van der Waals surface area contributed by atoms with Crippen molar-refractivity contribution in [2.24, 2.45) is 0 Å². The van der Waals surface area contributed by atoms with Gasteiger partial charge in [0, 0.05) is 12.1 Å². The van der Waals surface area contributed by atoms with Crippen LogP contribution in [0.4, 0.5) is 0 Å². The first-order valence-electron chi connectivity index (χ1n) is 7.10. The Labute approximate surface area is 164 Å². The smallest absolute Gasteiger partial charge is 0.744 e. The Kier molecular flexibility index (Phi) is 5.69. The van der Waals surface area contributed by atoms with Crippen molar-refractivity contribution in [2.45, 2.75) is 24.8 Å². The van der Waals surface area contributed by atoms with E-state index in [-0.39, 0.29) is 58.0 Å². The molecule has 126 valence electrons. The van der Waals surface area contributed by atoms with Gasteiger partial charge in [-0.15, -0.1) is 0 Å². The number of hydrogen-bond acceptors (Lipinski definition) is 6. The SMILES string of the molecule is CCCn1c(=O)[nH]c2nc(-c3ccc(S(=O)(=O)[O-])cc3)[nH]c2c1=O.[Na+]. The van der Waals surface area contributed by atoms with Crippen LogP contribution in [-0.4, -0.2) is 32.5 Å². The van der Waals surface area contributed by atoms with E-state index in [9.17, 15) is 22.6 Å². The van der Waals surface area contributed by atoms with Gasteiger partial charge in [0.15, 0.2) is 5.65 Å². The maximum Gasteiger partial charge on any atom is 1.00 e. The summed E-state index contributed by atoms with van der Waals surface area (Å²) in [6, 6.07) is 5.10. The van der Waals surface area contributed by atoms with Crippen molar-refractivity contribution in [1.29, 1.82) is 0 Å². The van der Waals surface area contributed by atoms with Crippen LogP contribution in [0.5, 0.6) is 0 Å². The minimum atomic E-state index is -4.53. The van der Waals surface area contributed by atoms with Crippen LogP contribution in [0.2, 0.25) is 0 Å². The van der Waals surface area contributed by atoms with Gasteiger partial charge in [-0.05, 0) is 18.6 Å². The molecule has 11 heteroatoms. The molecule has 3 rings (SSSR count). The van der Waals surface area contributed by atoms with Crippen LogP contribution in [0, 0.1) is 0 Å². The van der Waals surface area contributed by atoms with Crippen molar-refractivity contribution in [2.75, 3.05) is 0 Å². The number of nitrogens with one attached hydrogen (secondary N) is 2. The second-order valence-corrected chi connectivity index (χ2v) is 6.55. The van der Waals surface area contributed by atoms with Crippen LogP contribution in [0.15, 0.2) is 38.8 Å². The summed E-state index contributed by atoms with van der Waals surface area (Å²) in [4.78, 5) is 33.4. The van der Waals surface area contributed by atoms with E-state index in [0.717, 1.165) is 16.7 Å². The first kappa shape index (κ1) is 19.6. The topological polar surface area (TPSA) is 141 Å². The molecule has 0 saturated carbocycles. The molecule has 0 atom stereocenters. The molecular formula is C14H13N4NaO5S. The molecule has 0 radical (unpaired) electrons. The Morgan fingerprint density at radius 2 is 1.80 bits per heavy atom. The number of aromatic amines is 2. The maximum absolute atomic E-state index is 12.3. The molecule has 0 unspecified atom stereocenters. The Balaban J connectivity index is 0.00000225. The number of rotatable bonds is 4. The maximum atomic E-state index is 12.3. The Morgan fingerprint density at radius 1 is 1.16 bits per heavy atom. The van der Waals surface area contributed by atoms with Crippen LogP contribution in [0.1, 0.15) is 13.3 Å². The van der Waals surface area contributed by atoms with E-state index in [1.807, 2.05) is 6.92 Å². The molecule has 25 heavy (non-hydrogen) atoms. The summed E-state index contributed by atoms with van der Waals surface area (Å²) >= 11 is 0. The van der Waals surface area contributed by atoms with E-state index < -0.39 is 21.4 Å². The van der Waals surface area contributed by atoms with Crippen molar-refractivity contribution in [3.8, 4) is 11.4 Å². The third-order valence-electron chi connectivity index (χ3n) is 3.50. The molecule has 2 aromatic heterocycles. The summed E-state index contributed by atoms with van der Waals surface area (Å²) in [5.41, 5.74) is -0.277. The molecule has 0 bridgehead atoms. The third-order valence-corrected chi connectivity index (χ3v) is 4.35. The van der Waals surface area contributed by atoms with Gasteiger partial charge in [-0.1, -0.05) is 19.1 Å². The van der Waals surface area contributed by atoms with Gasteiger partial charge in [0.25, 0.3) is 5.56 Å². The molecule has 9 nitrogen and oxygen atoms in total. The molecule has 0 spiro atoms. The monoisotopic (exact) mass is 372 g/mol. The van der Waals surface area contributed by atoms with E-state index in [1.165, 1.54) is 12.1 Å². The molecule has 1 aromatic carbocycles. The average molecular weight is 372 g/mol. The number of H-pyrrole nitrogens is 2. The fraction of sp³-hybridized carbons (Fsp3) is 0.214. The number of aromatic nitrogens is 4. The first-order chi connectivity index (χ1) is 11.3. The summed E-state index contributed by atoms with van der Waals surface area (Å²) in [6.45, 7) is 2.13. The molecular weight excluding hydrogens is 359 g/mol. The summed E-state index contributed by atoms with van der Waals surface area (Å²) in [5, 5.41) is 0. The number of benzene rings is 1. The van der Waals surface area contributed by atoms with Gasteiger partial charge in [0.05, 0.1) is 4.90 Å². The molecule has 0 aliphatic carbocycles. The van der Waals surface area contributed by atoms with E-state index in [0.29, 0.717) is 12.0 Å². The van der Waals surface area contributed by atoms with E-state index in [1.54, 1.807) is 0 Å². The molecule has 2 heterocycles. The molecule has 3 aromatic rings. The van der Waals surface area contributed by atoms with Gasteiger partial charge in [-0.3, -0.25) is 14.3 Å². The summed E-state index contributed by atoms with van der Waals surface area (Å²) in [5.74, 6) is 0.279. The van der Waals surface area contributed by atoms with E-state index in [2.05, 4.69) is 15.0 Å². The quantitative estimate of drug-likeness (QED) is 0.380. The van der Waals surface area contributed by atoms with Gasteiger partial charge in [0.2, 0.25) is 0 Å². The summed E-state index contributed by atoms with van der Waals surface area (Å²) in [6.07, 6.45) is 0.626. The van der Waals surface area contributed by atoms with Crippen molar-refractivity contribution >= 4 is 21.3 Å². The summed E-state index contributed by atoms with van der Waals surface area (Å²) in [7, 11) is -4.53. The van der Waals surface area contributed by atoms with Gasteiger partial charge in [-0.25, -0.2) is 18.2 Å². The Hall–Kier alpha value is -1.72. The second-order valence-electron chi connectivity index (χ2n) is 5.17. The Morgan fingerprint density at radius 3 is 2.36 bits per heavy atom. The van der Waals surface area contributed by atoms with E-state index in [4.69, 9.17) is 0 Å². The van der Waals surface area contributed by atoms with Crippen molar-refractivity contribution < 1.29 is 42.5 Å². The average Bonchev–Trinajstić information content (AvgIpc) is 2.95. The van der Waals surface area contributed by atoms with Gasteiger partial charge < -0.3 is 9.54 Å².